The molecule has 0 unspecified atom stereocenters. The van der Waals surface area contributed by atoms with Gasteiger partial charge in [0.1, 0.15) is 11.4 Å². The molecule has 5 heteroatoms. The van der Waals surface area contributed by atoms with Crippen LogP contribution in [0.5, 0.6) is 11.6 Å². The van der Waals surface area contributed by atoms with Crippen molar-refractivity contribution in [2.45, 2.75) is 6.92 Å². The van der Waals surface area contributed by atoms with Crippen LogP contribution in [0.15, 0.2) is 40.9 Å². The first kappa shape index (κ1) is 13.0. The van der Waals surface area contributed by atoms with Crippen LogP contribution >= 0.6 is 15.9 Å². The van der Waals surface area contributed by atoms with E-state index in [0.717, 1.165) is 26.7 Å². The number of aryl methyl sites for hydroxylation is 2. The number of rotatable bonds is 2. The molecule has 0 radical (unpaired) electrons. The van der Waals surface area contributed by atoms with E-state index < -0.39 is 0 Å². The molecule has 0 bridgehead atoms. The fourth-order valence-corrected chi connectivity index (χ4v) is 2.75. The number of halogens is 1. The van der Waals surface area contributed by atoms with Gasteiger partial charge in [0.25, 0.3) is 0 Å². The predicted octanol–water partition coefficient (Wildman–Crippen LogP) is 4.02. The fraction of sp³-hybridized carbons (Fsp3) is 0.133. The van der Waals surface area contributed by atoms with Crippen LogP contribution in [-0.4, -0.2) is 9.78 Å². The van der Waals surface area contributed by atoms with E-state index >= 15 is 0 Å². The number of nitrogens with two attached hydrogens (primary N) is 1. The molecule has 2 N–H and O–H groups in total. The Balaban J connectivity index is 2.09. The SMILES string of the molecule is Cc1nn(C)c(Oc2ccc3ccccc3c2Br)c1N. The van der Waals surface area contributed by atoms with Crippen LogP contribution < -0.4 is 10.5 Å². The molecule has 0 aliphatic rings. The molecule has 1 heterocycles. The Morgan fingerprint density at radius 1 is 1.20 bits per heavy atom. The number of ether oxygens (including phenoxy) is 1. The van der Waals surface area contributed by atoms with Crippen molar-refractivity contribution in [2.75, 3.05) is 5.73 Å². The van der Waals surface area contributed by atoms with Crippen LogP contribution in [0.3, 0.4) is 0 Å². The van der Waals surface area contributed by atoms with Crippen molar-refractivity contribution in [1.29, 1.82) is 0 Å². The molecule has 0 saturated heterocycles. The number of fused-ring (bicyclic) bond motifs is 1. The van der Waals surface area contributed by atoms with Gasteiger partial charge >= 0.3 is 0 Å². The minimum Gasteiger partial charge on any atom is -0.436 e. The van der Waals surface area contributed by atoms with Crippen LogP contribution in [0, 0.1) is 6.92 Å². The van der Waals surface area contributed by atoms with Crippen molar-refractivity contribution in [3.8, 4) is 11.6 Å². The quantitative estimate of drug-likeness (QED) is 0.771. The van der Waals surface area contributed by atoms with Gasteiger partial charge in [0.05, 0.1) is 10.2 Å². The standard InChI is InChI=1S/C15H14BrN3O/c1-9-14(17)15(19(2)18-9)20-12-8-7-10-5-3-4-6-11(10)13(12)16/h3-8H,17H2,1-2H3. The van der Waals surface area contributed by atoms with Crippen LogP contribution in [-0.2, 0) is 7.05 Å². The van der Waals surface area contributed by atoms with Gasteiger partial charge in [-0.15, -0.1) is 0 Å². The van der Waals surface area contributed by atoms with Crippen molar-refractivity contribution >= 4 is 32.4 Å². The molecule has 0 atom stereocenters. The Morgan fingerprint density at radius 3 is 2.65 bits per heavy atom. The Bertz CT molecular complexity index is 795. The largest absolute Gasteiger partial charge is 0.436 e. The number of nitrogen functional groups attached to an aromatic ring is 1. The summed E-state index contributed by atoms with van der Waals surface area (Å²) in [6.07, 6.45) is 0. The molecule has 3 rings (SSSR count). The number of benzene rings is 2. The summed E-state index contributed by atoms with van der Waals surface area (Å²) in [6, 6.07) is 12.1. The van der Waals surface area contributed by atoms with Crippen molar-refractivity contribution < 1.29 is 4.74 Å². The van der Waals surface area contributed by atoms with E-state index in [1.165, 1.54) is 0 Å². The van der Waals surface area contributed by atoms with Crippen LogP contribution in [0.2, 0.25) is 0 Å². The van der Waals surface area contributed by atoms with Crippen molar-refractivity contribution in [3.05, 3.63) is 46.6 Å². The molecule has 0 amide bonds. The lowest BCUT2D eigenvalue weighted by molar-refractivity contribution is 0.431. The normalized spacial score (nSPS) is 10.9. The van der Waals surface area contributed by atoms with Gasteiger partial charge in [0.2, 0.25) is 5.88 Å². The zero-order valence-corrected chi connectivity index (χ0v) is 12.8. The van der Waals surface area contributed by atoms with Gasteiger partial charge < -0.3 is 10.5 Å². The third-order valence-corrected chi connectivity index (χ3v) is 4.07. The maximum absolute atomic E-state index is 5.99. The highest BCUT2D eigenvalue weighted by Gasteiger charge is 2.14. The molecule has 20 heavy (non-hydrogen) atoms. The van der Waals surface area contributed by atoms with E-state index in [4.69, 9.17) is 10.5 Å². The number of aromatic nitrogens is 2. The molecule has 3 aromatic rings. The zero-order valence-electron chi connectivity index (χ0n) is 11.2. The molecule has 0 aliphatic heterocycles. The van der Waals surface area contributed by atoms with Gasteiger partial charge in [0, 0.05) is 7.05 Å². The lowest BCUT2D eigenvalue weighted by Gasteiger charge is -2.10. The summed E-state index contributed by atoms with van der Waals surface area (Å²) in [5, 5.41) is 6.50. The number of hydrogen-bond donors (Lipinski definition) is 1. The molecule has 0 spiro atoms. The van der Waals surface area contributed by atoms with E-state index in [9.17, 15) is 0 Å². The molecule has 4 nitrogen and oxygen atoms in total. The van der Waals surface area contributed by atoms with E-state index in [1.54, 1.807) is 4.68 Å². The summed E-state index contributed by atoms with van der Waals surface area (Å²) in [6.45, 7) is 1.86. The van der Waals surface area contributed by atoms with Gasteiger partial charge in [-0.1, -0.05) is 30.3 Å². The number of nitrogens with zero attached hydrogens (tertiary/aromatic N) is 2. The van der Waals surface area contributed by atoms with Crippen molar-refractivity contribution in [1.82, 2.24) is 9.78 Å². The Morgan fingerprint density at radius 2 is 1.95 bits per heavy atom. The summed E-state index contributed by atoms with van der Waals surface area (Å²) >= 11 is 3.60. The third kappa shape index (κ3) is 2.04. The van der Waals surface area contributed by atoms with E-state index in [-0.39, 0.29) is 0 Å². The molecule has 102 valence electrons. The second-order valence-corrected chi connectivity index (χ2v) is 5.42. The van der Waals surface area contributed by atoms with E-state index in [2.05, 4.69) is 27.1 Å². The first-order valence-electron chi connectivity index (χ1n) is 6.22. The second kappa shape index (κ2) is 4.83. The fourth-order valence-electron chi connectivity index (χ4n) is 2.17. The summed E-state index contributed by atoms with van der Waals surface area (Å²) in [4.78, 5) is 0. The van der Waals surface area contributed by atoms with Gasteiger partial charge in [-0.25, -0.2) is 4.68 Å². The first-order valence-corrected chi connectivity index (χ1v) is 7.01. The maximum atomic E-state index is 5.99. The highest BCUT2D eigenvalue weighted by Crippen LogP contribution is 2.37. The Hall–Kier alpha value is -2.01. The lowest BCUT2D eigenvalue weighted by Crippen LogP contribution is -1.97. The van der Waals surface area contributed by atoms with Crippen molar-refractivity contribution in [2.24, 2.45) is 7.05 Å². The summed E-state index contributed by atoms with van der Waals surface area (Å²) in [5.41, 5.74) is 7.32. The average molecular weight is 332 g/mol. The molecular formula is C15H14BrN3O. The summed E-state index contributed by atoms with van der Waals surface area (Å²) < 4.78 is 8.48. The second-order valence-electron chi connectivity index (χ2n) is 4.63. The van der Waals surface area contributed by atoms with Crippen molar-refractivity contribution in [3.63, 3.8) is 0 Å². The highest BCUT2D eigenvalue weighted by molar-refractivity contribution is 9.10. The minimum absolute atomic E-state index is 0.554. The van der Waals surface area contributed by atoms with Gasteiger partial charge in [-0.2, -0.15) is 5.10 Å². The molecular weight excluding hydrogens is 318 g/mol. The highest BCUT2D eigenvalue weighted by atomic mass is 79.9. The smallest absolute Gasteiger partial charge is 0.241 e. The Kier molecular flexibility index (Phi) is 3.14. The average Bonchev–Trinajstić information content (AvgIpc) is 2.68. The third-order valence-electron chi connectivity index (χ3n) is 3.25. The number of anilines is 1. The molecule has 0 saturated carbocycles. The zero-order chi connectivity index (χ0) is 14.3. The topological polar surface area (TPSA) is 53.1 Å². The summed E-state index contributed by atoms with van der Waals surface area (Å²) in [5.74, 6) is 1.27. The Labute approximate surface area is 125 Å². The van der Waals surface area contributed by atoms with E-state index in [0.29, 0.717) is 11.6 Å². The molecule has 0 fully saturated rings. The monoisotopic (exact) mass is 331 g/mol. The van der Waals surface area contributed by atoms with E-state index in [1.807, 2.05) is 44.3 Å². The molecule has 1 aromatic heterocycles. The van der Waals surface area contributed by atoms with Crippen LogP contribution in [0.25, 0.3) is 10.8 Å². The van der Waals surface area contributed by atoms with Crippen LogP contribution in [0.1, 0.15) is 5.69 Å². The number of hydrogen-bond acceptors (Lipinski definition) is 3. The first-order chi connectivity index (χ1) is 9.58. The van der Waals surface area contributed by atoms with Gasteiger partial charge in [0.15, 0.2) is 0 Å². The van der Waals surface area contributed by atoms with Gasteiger partial charge in [-0.3, -0.25) is 0 Å². The van der Waals surface area contributed by atoms with Crippen LogP contribution in [0.4, 0.5) is 5.69 Å². The maximum Gasteiger partial charge on any atom is 0.241 e. The minimum atomic E-state index is 0.554. The molecule has 2 aromatic carbocycles. The lowest BCUT2D eigenvalue weighted by atomic mass is 10.1. The van der Waals surface area contributed by atoms with Gasteiger partial charge in [-0.05, 0) is 39.7 Å². The predicted molar refractivity (Wildman–Crippen MR) is 84.1 cm³/mol. The summed E-state index contributed by atoms with van der Waals surface area (Å²) in [7, 11) is 1.81. The molecule has 0 aliphatic carbocycles.